The number of hydrogen-bond donors (Lipinski definition) is 1. The van der Waals surface area contributed by atoms with Crippen LogP contribution in [0.2, 0.25) is 0 Å². The lowest BCUT2D eigenvalue weighted by Crippen LogP contribution is -2.30. The number of nitrogen functional groups attached to an aromatic ring is 1. The number of para-hydroxylation sites is 1. The Hall–Kier alpha value is -2.36. The van der Waals surface area contributed by atoms with E-state index < -0.39 is 5.82 Å². The lowest BCUT2D eigenvalue weighted by atomic mass is 10.1. The number of nitrogens with zero attached hydrogens (tertiary/aromatic N) is 1. The summed E-state index contributed by atoms with van der Waals surface area (Å²) < 4.78 is 14.0. The van der Waals surface area contributed by atoms with E-state index in [0.717, 1.165) is 23.2 Å². The number of rotatable bonds is 1. The molecular formula is C16H15FN2O. The van der Waals surface area contributed by atoms with Gasteiger partial charge in [0.15, 0.2) is 0 Å². The lowest BCUT2D eigenvalue weighted by molar-refractivity contribution is 0.0985. The van der Waals surface area contributed by atoms with Gasteiger partial charge in [0, 0.05) is 6.54 Å². The maximum Gasteiger partial charge on any atom is 0.261 e. The van der Waals surface area contributed by atoms with Gasteiger partial charge < -0.3 is 10.6 Å². The molecule has 1 heterocycles. The Labute approximate surface area is 116 Å². The summed E-state index contributed by atoms with van der Waals surface area (Å²) in [6.07, 6.45) is 0.750. The van der Waals surface area contributed by atoms with E-state index >= 15 is 0 Å². The normalized spacial score (nSPS) is 13.4. The average Bonchev–Trinajstić information content (AvgIpc) is 2.83. The molecular weight excluding hydrogens is 255 g/mol. The summed E-state index contributed by atoms with van der Waals surface area (Å²) in [4.78, 5) is 14.1. The van der Waals surface area contributed by atoms with E-state index in [1.54, 1.807) is 24.0 Å². The number of anilines is 2. The maximum absolute atomic E-state index is 14.0. The summed E-state index contributed by atoms with van der Waals surface area (Å²) in [7, 11) is 0. The third-order valence-electron chi connectivity index (χ3n) is 3.63. The van der Waals surface area contributed by atoms with Crippen LogP contribution in [0.25, 0.3) is 0 Å². The Bertz CT molecular complexity index is 697. The number of carbonyl (C=O) groups excluding carboxylic acids is 1. The zero-order valence-corrected chi connectivity index (χ0v) is 11.2. The summed E-state index contributed by atoms with van der Waals surface area (Å²) >= 11 is 0. The van der Waals surface area contributed by atoms with Crippen molar-refractivity contribution in [1.82, 2.24) is 0 Å². The summed E-state index contributed by atoms with van der Waals surface area (Å²) in [5.41, 5.74) is 9.14. The number of hydrogen-bond acceptors (Lipinski definition) is 2. The van der Waals surface area contributed by atoms with Gasteiger partial charge in [-0.15, -0.1) is 0 Å². The van der Waals surface area contributed by atoms with Gasteiger partial charge in [0.25, 0.3) is 5.91 Å². The van der Waals surface area contributed by atoms with Gasteiger partial charge in [0.1, 0.15) is 5.82 Å². The predicted molar refractivity (Wildman–Crippen MR) is 77.4 cm³/mol. The first-order chi connectivity index (χ1) is 9.58. The van der Waals surface area contributed by atoms with Crippen molar-refractivity contribution in [3.05, 3.63) is 58.9 Å². The van der Waals surface area contributed by atoms with Crippen LogP contribution in [0.5, 0.6) is 0 Å². The molecule has 0 saturated carbocycles. The van der Waals surface area contributed by atoms with Crippen molar-refractivity contribution in [2.45, 2.75) is 13.3 Å². The van der Waals surface area contributed by atoms with Gasteiger partial charge in [0.05, 0.1) is 16.9 Å². The van der Waals surface area contributed by atoms with Crippen molar-refractivity contribution in [2.75, 3.05) is 17.2 Å². The van der Waals surface area contributed by atoms with Crippen molar-refractivity contribution in [2.24, 2.45) is 0 Å². The zero-order chi connectivity index (χ0) is 14.3. The standard InChI is InChI=1S/C16H15FN2O/c1-10-5-6-12(13(17)9-10)16(20)19-8-7-11-3-2-4-14(18)15(11)19/h2-6,9H,7-8,18H2,1H3. The highest BCUT2D eigenvalue weighted by molar-refractivity contribution is 6.09. The third kappa shape index (κ3) is 1.93. The van der Waals surface area contributed by atoms with E-state index in [9.17, 15) is 9.18 Å². The topological polar surface area (TPSA) is 46.3 Å². The minimum absolute atomic E-state index is 0.0895. The third-order valence-corrected chi connectivity index (χ3v) is 3.63. The molecule has 0 unspecified atom stereocenters. The fourth-order valence-corrected chi connectivity index (χ4v) is 2.63. The highest BCUT2D eigenvalue weighted by Crippen LogP contribution is 2.34. The lowest BCUT2D eigenvalue weighted by Gasteiger charge is -2.19. The summed E-state index contributed by atoms with van der Waals surface area (Å²) in [6, 6.07) is 10.2. The van der Waals surface area contributed by atoms with Crippen LogP contribution in [-0.4, -0.2) is 12.5 Å². The number of nitrogens with two attached hydrogens (primary N) is 1. The molecule has 102 valence electrons. The van der Waals surface area contributed by atoms with Crippen LogP contribution >= 0.6 is 0 Å². The molecule has 0 atom stereocenters. The highest BCUT2D eigenvalue weighted by atomic mass is 19.1. The van der Waals surface area contributed by atoms with E-state index in [4.69, 9.17) is 5.73 Å². The minimum atomic E-state index is -0.488. The Kier molecular flexibility index (Phi) is 2.93. The number of amides is 1. The first kappa shape index (κ1) is 12.7. The number of carbonyl (C=O) groups is 1. The Morgan fingerprint density at radius 2 is 2.10 bits per heavy atom. The molecule has 20 heavy (non-hydrogen) atoms. The van der Waals surface area contributed by atoms with E-state index in [2.05, 4.69) is 0 Å². The molecule has 0 fully saturated rings. The number of benzene rings is 2. The SMILES string of the molecule is Cc1ccc(C(=O)N2CCc3cccc(N)c32)c(F)c1. The van der Waals surface area contributed by atoms with E-state index in [1.165, 1.54) is 12.1 Å². The molecule has 0 aliphatic carbocycles. The van der Waals surface area contributed by atoms with Gasteiger partial charge in [0.2, 0.25) is 0 Å². The fraction of sp³-hybridized carbons (Fsp3) is 0.188. The monoisotopic (exact) mass is 270 g/mol. The second kappa shape index (κ2) is 4.63. The van der Waals surface area contributed by atoms with Crippen LogP contribution in [0, 0.1) is 12.7 Å². The maximum atomic E-state index is 14.0. The summed E-state index contributed by atoms with van der Waals surface area (Å²) in [6.45, 7) is 2.33. The van der Waals surface area contributed by atoms with Crippen LogP contribution in [0.4, 0.5) is 15.8 Å². The second-order valence-electron chi connectivity index (χ2n) is 5.05. The Morgan fingerprint density at radius 3 is 2.85 bits per heavy atom. The van der Waals surface area contributed by atoms with Crippen LogP contribution in [0.3, 0.4) is 0 Å². The van der Waals surface area contributed by atoms with Crippen LogP contribution < -0.4 is 10.6 Å². The van der Waals surface area contributed by atoms with Crippen LogP contribution in [0.15, 0.2) is 36.4 Å². The van der Waals surface area contributed by atoms with Crippen molar-refractivity contribution in [1.29, 1.82) is 0 Å². The molecule has 4 heteroatoms. The molecule has 3 rings (SSSR count). The summed E-state index contributed by atoms with van der Waals surface area (Å²) in [5, 5.41) is 0. The quantitative estimate of drug-likeness (QED) is 0.810. The number of aryl methyl sites for hydroxylation is 1. The smallest absolute Gasteiger partial charge is 0.261 e. The predicted octanol–water partition coefficient (Wildman–Crippen LogP) is 2.92. The van der Waals surface area contributed by atoms with Gasteiger partial charge in [-0.1, -0.05) is 18.2 Å². The zero-order valence-electron chi connectivity index (χ0n) is 11.2. The number of halogens is 1. The first-order valence-electron chi connectivity index (χ1n) is 6.53. The first-order valence-corrected chi connectivity index (χ1v) is 6.53. The molecule has 2 N–H and O–H groups in total. The highest BCUT2D eigenvalue weighted by Gasteiger charge is 2.28. The van der Waals surface area contributed by atoms with Gasteiger partial charge in [-0.25, -0.2) is 4.39 Å². The van der Waals surface area contributed by atoms with Gasteiger partial charge in [-0.3, -0.25) is 4.79 Å². The van der Waals surface area contributed by atoms with E-state index in [-0.39, 0.29) is 11.5 Å². The molecule has 0 spiro atoms. The molecule has 2 aromatic rings. The summed E-state index contributed by atoms with van der Waals surface area (Å²) in [5.74, 6) is -0.822. The van der Waals surface area contributed by atoms with Gasteiger partial charge in [-0.05, 0) is 42.7 Å². The van der Waals surface area contributed by atoms with Crippen LogP contribution in [0.1, 0.15) is 21.5 Å². The Balaban J connectivity index is 2.02. The van der Waals surface area contributed by atoms with Crippen molar-refractivity contribution < 1.29 is 9.18 Å². The van der Waals surface area contributed by atoms with Crippen molar-refractivity contribution in [3.8, 4) is 0 Å². The molecule has 0 aromatic heterocycles. The van der Waals surface area contributed by atoms with E-state index in [0.29, 0.717) is 12.2 Å². The van der Waals surface area contributed by atoms with Crippen LogP contribution in [-0.2, 0) is 6.42 Å². The second-order valence-corrected chi connectivity index (χ2v) is 5.05. The van der Waals surface area contributed by atoms with Gasteiger partial charge in [-0.2, -0.15) is 0 Å². The molecule has 0 radical (unpaired) electrons. The Morgan fingerprint density at radius 1 is 1.30 bits per heavy atom. The molecule has 0 bridgehead atoms. The molecule has 1 aliphatic rings. The molecule has 1 aliphatic heterocycles. The van der Waals surface area contributed by atoms with Crippen molar-refractivity contribution >= 4 is 17.3 Å². The number of fused-ring (bicyclic) bond motifs is 1. The molecule has 2 aromatic carbocycles. The van der Waals surface area contributed by atoms with Gasteiger partial charge >= 0.3 is 0 Å². The van der Waals surface area contributed by atoms with Crippen molar-refractivity contribution in [3.63, 3.8) is 0 Å². The largest absolute Gasteiger partial charge is 0.397 e. The fourth-order valence-electron chi connectivity index (χ4n) is 2.63. The molecule has 3 nitrogen and oxygen atoms in total. The van der Waals surface area contributed by atoms with E-state index in [1.807, 2.05) is 12.1 Å². The average molecular weight is 270 g/mol. The minimum Gasteiger partial charge on any atom is -0.397 e. The molecule has 0 saturated heterocycles. The molecule has 1 amide bonds.